The van der Waals surface area contributed by atoms with E-state index in [1.165, 1.54) is 11.1 Å². The lowest BCUT2D eigenvalue weighted by molar-refractivity contribution is -0.167. The van der Waals surface area contributed by atoms with Gasteiger partial charge in [-0.3, -0.25) is 14.5 Å². The molecule has 49 heavy (non-hydrogen) atoms. The zero-order valence-corrected chi connectivity index (χ0v) is 28.6. The second-order valence-electron chi connectivity index (χ2n) is 13.8. The Balaban J connectivity index is 1.04. The summed E-state index contributed by atoms with van der Waals surface area (Å²) in [5.74, 6) is 0.0724. The van der Waals surface area contributed by atoms with Crippen molar-refractivity contribution in [3.63, 3.8) is 0 Å². The van der Waals surface area contributed by atoms with Crippen molar-refractivity contribution in [3.05, 3.63) is 108 Å². The first-order valence-corrected chi connectivity index (χ1v) is 18.1. The molecule has 6 rings (SSSR count). The Morgan fingerprint density at radius 3 is 2.04 bits per heavy atom. The van der Waals surface area contributed by atoms with E-state index in [-0.39, 0.29) is 24.5 Å². The molecule has 3 heterocycles. The minimum atomic E-state index is -0.798. The van der Waals surface area contributed by atoms with Crippen molar-refractivity contribution in [2.75, 3.05) is 39.3 Å². The van der Waals surface area contributed by atoms with Crippen molar-refractivity contribution in [2.45, 2.75) is 82.1 Å². The molecule has 0 unspecified atom stereocenters. The summed E-state index contributed by atoms with van der Waals surface area (Å²) >= 11 is 0. The molecule has 0 aliphatic carbocycles. The minimum Gasteiger partial charge on any atom is -0.445 e. The van der Waals surface area contributed by atoms with Crippen LogP contribution in [-0.4, -0.2) is 89.5 Å². The smallest absolute Gasteiger partial charge is 0.407 e. The average Bonchev–Trinajstić information content (AvgIpc) is 3.14. The summed E-state index contributed by atoms with van der Waals surface area (Å²) in [5, 5.41) is 5.99. The molecule has 1 spiro atoms. The number of piperidine rings is 2. The van der Waals surface area contributed by atoms with Crippen LogP contribution in [0.5, 0.6) is 0 Å². The van der Waals surface area contributed by atoms with E-state index < -0.39 is 17.7 Å². The maximum atomic E-state index is 14.4. The van der Waals surface area contributed by atoms with Crippen LogP contribution in [-0.2, 0) is 33.9 Å². The van der Waals surface area contributed by atoms with Gasteiger partial charge in [-0.1, -0.05) is 91.0 Å². The molecule has 3 amide bonds. The van der Waals surface area contributed by atoms with Crippen LogP contribution < -0.4 is 10.6 Å². The molecule has 9 nitrogen and oxygen atoms in total. The maximum Gasteiger partial charge on any atom is 0.407 e. The van der Waals surface area contributed by atoms with Gasteiger partial charge in [0.15, 0.2) is 0 Å². The SMILES string of the molecule is O=C(NCCCC[C@@H]1NC(=O)C2(CCN(CCc3ccccc3)CC2)N(C2CCN(Cc3ccccc3)CC2)C1=O)OCc1ccccc1. The molecule has 2 N–H and O–H groups in total. The van der Waals surface area contributed by atoms with E-state index in [9.17, 15) is 14.4 Å². The summed E-state index contributed by atoms with van der Waals surface area (Å²) in [6, 6.07) is 30.2. The number of ether oxygens (including phenoxy) is 1. The molecule has 0 radical (unpaired) electrons. The Morgan fingerprint density at radius 2 is 1.39 bits per heavy atom. The summed E-state index contributed by atoms with van der Waals surface area (Å²) < 4.78 is 5.31. The monoisotopic (exact) mass is 665 g/mol. The molecule has 3 aliphatic rings. The van der Waals surface area contributed by atoms with Gasteiger partial charge in [-0.25, -0.2) is 4.79 Å². The summed E-state index contributed by atoms with van der Waals surface area (Å²) in [4.78, 5) is 47.7. The number of alkyl carbamates (subject to hydrolysis) is 1. The van der Waals surface area contributed by atoms with Gasteiger partial charge in [-0.05, 0) is 68.1 Å². The van der Waals surface area contributed by atoms with E-state index in [2.05, 4.69) is 73.9 Å². The van der Waals surface area contributed by atoms with Gasteiger partial charge in [0, 0.05) is 51.9 Å². The van der Waals surface area contributed by atoms with E-state index in [1.54, 1.807) is 0 Å². The average molecular weight is 666 g/mol. The number of benzene rings is 3. The fraction of sp³-hybridized carbons (Fsp3) is 0.475. The Morgan fingerprint density at radius 1 is 0.776 bits per heavy atom. The molecule has 0 saturated carbocycles. The van der Waals surface area contributed by atoms with Crippen molar-refractivity contribution in [1.82, 2.24) is 25.3 Å². The first-order chi connectivity index (χ1) is 24.0. The molecule has 3 aromatic rings. The lowest BCUT2D eigenvalue weighted by Crippen LogP contribution is -2.75. The number of nitrogens with one attached hydrogen (secondary N) is 2. The van der Waals surface area contributed by atoms with Crippen molar-refractivity contribution < 1.29 is 19.1 Å². The maximum absolute atomic E-state index is 14.4. The highest BCUT2D eigenvalue weighted by molar-refractivity contribution is 6.00. The van der Waals surface area contributed by atoms with Gasteiger partial charge < -0.3 is 25.2 Å². The largest absolute Gasteiger partial charge is 0.445 e. The number of nitrogens with zero attached hydrogens (tertiary/aromatic N) is 3. The molecular weight excluding hydrogens is 614 g/mol. The number of hydrogen-bond donors (Lipinski definition) is 2. The van der Waals surface area contributed by atoms with Crippen LogP contribution in [0.1, 0.15) is 61.6 Å². The number of carbonyl (C=O) groups is 3. The van der Waals surface area contributed by atoms with Crippen LogP contribution in [0.25, 0.3) is 0 Å². The number of piperazine rings is 1. The fourth-order valence-corrected chi connectivity index (χ4v) is 7.73. The van der Waals surface area contributed by atoms with Gasteiger partial charge in [0.25, 0.3) is 0 Å². The van der Waals surface area contributed by atoms with Gasteiger partial charge in [0.05, 0.1) is 0 Å². The van der Waals surface area contributed by atoms with Crippen LogP contribution in [0, 0.1) is 0 Å². The minimum absolute atomic E-state index is 0.00846. The van der Waals surface area contributed by atoms with E-state index in [1.807, 2.05) is 42.5 Å². The van der Waals surface area contributed by atoms with Crippen LogP contribution in [0.15, 0.2) is 91.0 Å². The quantitative estimate of drug-likeness (QED) is 0.246. The molecule has 260 valence electrons. The molecule has 3 aliphatic heterocycles. The highest BCUT2D eigenvalue weighted by Gasteiger charge is 2.55. The molecule has 3 saturated heterocycles. The standard InChI is InChI=1S/C40H51N5O4/c46-37-36(18-10-11-24-41-39(48)49-31-34-16-8-3-9-17-34)42-38(47)40(22-28-43(29-23-40)25-19-32-12-4-1-5-13-32)45(37)35-20-26-44(27-21-35)30-33-14-6-2-7-15-33/h1-9,12-17,35-36H,10-11,18-31H2,(H,41,48)(H,42,47)/t36-/m0/s1. The molecular formula is C40H51N5O4. The topological polar surface area (TPSA) is 94.2 Å². The van der Waals surface area contributed by atoms with Gasteiger partial charge >= 0.3 is 6.09 Å². The number of hydrogen-bond acceptors (Lipinski definition) is 6. The first-order valence-electron chi connectivity index (χ1n) is 18.1. The Bertz CT molecular complexity index is 1490. The molecule has 0 aromatic heterocycles. The van der Waals surface area contributed by atoms with Gasteiger partial charge in [-0.15, -0.1) is 0 Å². The number of likely N-dealkylation sites (tertiary alicyclic amines) is 2. The Hall–Kier alpha value is -4.21. The van der Waals surface area contributed by atoms with Gasteiger partial charge in [0.2, 0.25) is 11.8 Å². The first kappa shape index (κ1) is 34.6. The summed E-state index contributed by atoms with van der Waals surface area (Å²) in [6.45, 7) is 5.94. The lowest BCUT2D eigenvalue weighted by Gasteiger charge is -2.55. The number of amides is 3. The molecule has 3 aromatic carbocycles. The van der Waals surface area contributed by atoms with Crippen LogP contribution >= 0.6 is 0 Å². The number of carbonyl (C=O) groups excluding carboxylic acids is 3. The molecule has 9 heteroatoms. The normalized spacial score (nSPS) is 20.2. The fourth-order valence-electron chi connectivity index (χ4n) is 7.73. The lowest BCUT2D eigenvalue weighted by atomic mass is 9.79. The third-order valence-corrected chi connectivity index (χ3v) is 10.5. The van der Waals surface area contributed by atoms with E-state index in [4.69, 9.17) is 4.74 Å². The third kappa shape index (κ3) is 9.08. The van der Waals surface area contributed by atoms with Crippen molar-refractivity contribution >= 4 is 17.9 Å². The summed E-state index contributed by atoms with van der Waals surface area (Å²) in [5.41, 5.74) is 2.76. The van der Waals surface area contributed by atoms with Gasteiger partial charge in [-0.2, -0.15) is 0 Å². The Kier molecular flexibility index (Phi) is 12.0. The molecule has 0 bridgehead atoms. The highest BCUT2D eigenvalue weighted by Crippen LogP contribution is 2.38. The third-order valence-electron chi connectivity index (χ3n) is 10.5. The van der Waals surface area contributed by atoms with Crippen molar-refractivity contribution in [2.24, 2.45) is 0 Å². The van der Waals surface area contributed by atoms with Crippen molar-refractivity contribution in [3.8, 4) is 0 Å². The van der Waals surface area contributed by atoms with E-state index in [0.29, 0.717) is 38.6 Å². The number of rotatable bonds is 13. The molecule has 1 atom stereocenters. The second kappa shape index (κ2) is 16.9. The predicted molar refractivity (Wildman–Crippen MR) is 191 cm³/mol. The zero-order valence-electron chi connectivity index (χ0n) is 28.6. The van der Waals surface area contributed by atoms with Crippen molar-refractivity contribution in [1.29, 1.82) is 0 Å². The van der Waals surface area contributed by atoms with E-state index >= 15 is 0 Å². The predicted octanol–water partition coefficient (Wildman–Crippen LogP) is 5.15. The van der Waals surface area contributed by atoms with Crippen LogP contribution in [0.3, 0.4) is 0 Å². The van der Waals surface area contributed by atoms with E-state index in [0.717, 1.165) is 64.1 Å². The molecule has 3 fully saturated rings. The zero-order chi connectivity index (χ0) is 33.9. The summed E-state index contributed by atoms with van der Waals surface area (Å²) in [6.07, 6.45) is 5.53. The van der Waals surface area contributed by atoms with Crippen LogP contribution in [0.2, 0.25) is 0 Å². The summed E-state index contributed by atoms with van der Waals surface area (Å²) in [7, 11) is 0. The highest BCUT2D eigenvalue weighted by atomic mass is 16.5. The number of unbranched alkanes of at least 4 members (excludes halogenated alkanes) is 1. The van der Waals surface area contributed by atoms with Gasteiger partial charge in [0.1, 0.15) is 18.2 Å². The van der Waals surface area contributed by atoms with Crippen LogP contribution in [0.4, 0.5) is 4.79 Å². The second-order valence-corrected chi connectivity index (χ2v) is 13.8. The Labute approximate surface area is 291 Å².